The molecular formula is C13H12N2O4. The number of pyridine rings is 1. The van der Waals surface area contributed by atoms with Crippen LogP contribution in [-0.4, -0.2) is 16.6 Å². The number of hydrogen-bond acceptors (Lipinski definition) is 4. The summed E-state index contributed by atoms with van der Waals surface area (Å²) in [5.74, 6) is 0.303. The summed E-state index contributed by atoms with van der Waals surface area (Å²) in [5, 5.41) is 10.7. The molecule has 0 atom stereocenters. The van der Waals surface area contributed by atoms with Crippen molar-refractivity contribution in [3.05, 3.63) is 57.0 Å². The number of rotatable bonds is 3. The smallest absolute Gasteiger partial charge is 0.273 e. The van der Waals surface area contributed by atoms with E-state index in [2.05, 4.69) is 0 Å². The highest BCUT2D eigenvalue weighted by atomic mass is 16.6. The predicted molar refractivity (Wildman–Crippen MR) is 70.3 cm³/mol. The minimum atomic E-state index is -0.505. The van der Waals surface area contributed by atoms with Crippen LogP contribution in [-0.2, 0) is 7.05 Å². The van der Waals surface area contributed by atoms with Gasteiger partial charge in [0.2, 0.25) is 0 Å². The van der Waals surface area contributed by atoms with Crippen molar-refractivity contribution in [3.63, 3.8) is 0 Å². The van der Waals surface area contributed by atoms with Crippen molar-refractivity contribution in [2.75, 3.05) is 7.11 Å². The van der Waals surface area contributed by atoms with Gasteiger partial charge in [-0.3, -0.25) is 14.9 Å². The van der Waals surface area contributed by atoms with Crippen LogP contribution in [0, 0.1) is 10.1 Å². The monoisotopic (exact) mass is 260 g/mol. The van der Waals surface area contributed by atoms with Crippen molar-refractivity contribution < 1.29 is 9.66 Å². The summed E-state index contributed by atoms with van der Waals surface area (Å²) < 4.78 is 6.57. The summed E-state index contributed by atoms with van der Waals surface area (Å²) in [6.45, 7) is 0. The van der Waals surface area contributed by atoms with E-state index in [-0.39, 0.29) is 11.2 Å². The van der Waals surface area contributed by atoms with Gasteiger partial charge in [0.05, 0.1) is 23.7 Å². The van der Waals surface area contributed by atoms with Crippen LogP contribution in [0.3, 0.4) is 0 Å². The van der Waals surface area contributed by atoms with Crippen molar-refractivity contribution in [3.8, 4) is 16.9 Å². The molecule has 0 aliphatic rings. The van der Waals surface area contributed by atoms with E-state index in [4.69, 9.17) is 4.74 Å². The van der Waals surface area contributed by atoms with E-state index in [1.807, 2.05) is 0 Å². The normalized spacial score (nSPS) is 10.2. The van der Waals surface area contributed by atoms with Crippen LogP contribution in [0.5, 0.6) is 5.75 Å². The third-order valence-corrected chi connectivity index (χ3v) is 2.81. The molecule has 0 aliphatic carbocycles. The zero-order chi connectivity index (χ0) is 14.0. The first kappa shape index (κ1) is 12.8. The average Bonchev–Trinajstić information content (AvgIpc) is 2.41. The lowest BCUT2D eigenvalue weighted by molar-refractivity contribution is -0.384. The van der Waals surface area contributed by atoms with Crippen LogP contribution in [0.15, 0.2) is 41.3 Å². The Labute approximate surface area is 109 Å². The molecule has 1 aromatic heterocycles. The number of nitrogens with zero attached hydrogens (tertiary/aromatic N) is 2. The zero-order valence-electron chi connectivity index (χ0n) is 10.5. The molecule has 0 amide bonds. The first-order valence-corrected chi connectivity index (χ1v) is 5.53. The highest BCUT2D eigenvalue weighted by Gasteiger charge is 2.14. The molecule has 6 heteroatoms. The first-order chi connectivity index (χ1) is 9.04. The van der Waals surface area contributed by atoms with Gasteiger partial charge in [-0.15, -0.1) is 0 Å². The molecule has 2 rings (SSSR count). The fourth-order valence-corrected chi connectivity index (χ4v) is 1.82. The molecule has 0 bridgehead atoms. The van der Waals surface area contributed by atoms with E-state index < -0.39 is 4.92 Å². The Morgan fingerprint density at radius 3 is 2.63 bits per heavy atom. The van der Waals surface area contributed by atoms with Gasteiger partial charge < -0.3 is 9.30 Å². The second-order valence-electron chi connectivity index (χ2n) is 3.98. The summed E-state index contributed by atoms with van der Waals surface area (Å²) in [4.78, 5) is 22.2. The third kappa shape index (κ3) is 2.33. The van der Waals surface area contributed by atoms with Crippen molar-refractivity contribution in [1.82, 2.24) is 4.57 Å². The standard InChI is InChI=1S/C13H12N2O4/c1-14-7-3-4-11(13(14)16)10-6-5-9(15(17)18)8-12(10)19-2/h3-8H,1-2H3. The molecule has 19 heavy (non-hydrogen) atoms. The van der Waals surface area contributed by atoms with E-state index >= 15 is 0 Å². The number of methoxy groups -OCH3 is 1. The zero-order valence-corrected chi connectivity index (χ0v) is 10.5. The van der Waals surface area contributed by atoms with Gasteiger partial charge in [0.25, 0.3) is 11.2 Å². The molecule has 1 aromatic carbocycles. The van der Waals surface area contributed by atoms with Gasteiger partial charge in [0.15, 0.2) is 0 Å². The second-order valence-corrected chi connectivity index (χ2v) is 3.98. The average molecular weight is 260 g/mol. The SMILES string of the molecule is COc1cc([N+](=O)[O-])ccc1-c1cccn(C)c1=O. The second kappa shape index (κ2) is 4.93. The molecule has 98 valence electrons. The number of hydrogen-bond donors (Lipinski definition) is 0. The molecule has 0 N–H and O–H groups in total. The lowest BCUT2D eigenvalue weighted by Crippen LogP contribution is -2.17. The quantitative estimate of drug-likeness (QED) is 0.624. The predicted octanol–water partition coefficient (Wildman–Crippen LogP) is 1.97. The van der Waals surface area contributed by atoms with Crippen molar-refractivity contribution in [1.29, 1.82) is 0 Å². The molecule has 0 fully saturated rings. The van der Waals surface area contributed by atoms with Crippen LogP contribution in [0.1, 0.15) is 0 Å². The Balaban J connectivity index is 2.66. The number of benzene rings is 1. The topological polar surface area (TPSA) is 74.4 Å². The summed E-state index contributed by atoms with van der Waals surface area (Å²) in [7, 11) is 3.06. The number of aromatic nitrogens is 1. The molecule has 6 nitrogen and oxygen atoms in total. The fourth-order valence-electron chi connectivity index (χ4n) is 1.82. The highest BCUT2D eigenvalue weighted by molar-refractivity contribution is 5.71. The minimum Gasteiger partial charge on any atom is -0.496 e. The van der Waals surface area contributed by atoms with Crippen molar-refractivity contribution in [2.45, 2.75) is 0 Å². The number of aryl methyl sites for hydroxylation is 1. The number of nitro benzene ring substituents is 1. The maximum Gasteiger partial charge on any atom is 0.273 e. The summed E-state index contributed by atoms with van der Waals surface area (Å²) in [6, 6.07) is 7.57. The molecule has 0 saturated carbocycles. The minimum absolute atomic E-state index is 0.0756. The largest absolute Gasteiger partial charge is 0.496 e. The maximum absolute atomic E-state index is 12.0. The van der Waals surface area contributed by atoms with Gasteiger partial charge in [0.1, 0.15) is 5.75 Å². The van der Waals surface area contributed by atoms with E-state index in [9.17, 15) is 14.9 Å². The van der Waals surface area contributed by atoms with Crippen LogP contribution in [0.2, 0.25) is 0 Å². The molecule has 0 radical (unpaired) electrons. The van der Waals surface area contributed by atoms with E-state index in [1.54, 1.807) is 25.4 Å². The van der Waals surface area contributed by atoms with Gasteiger partial charge >= 0.3 is 0 Å². The Morgan fingerprint density at radius 2 is 2.00 bits per heavy atom. The highest BCUT2D eigenvalue weighted by Crippen LogP contribution is 2.31. The molecule has 0 saturated heterocycles. The van der Waals surface area contributed by atoms with Crippen LogP contribution in [0.4, 0.5) is 5.69 Å². The number of nitro groups is 1. The summed E-state index contributed by atoms with van der Waals surface area (Å²) in [5.41, 5.74) is 0.717. The first-order valence-electron chi connectivity index (χ1n) is 5.53. The molecule has 0 spiro atoms. The fraction of sp³-hybridized carbons (Fsp3) is 0.154. The van der Waals surface area contributed by atoms with Crippen molar-refractivity contribution in [2.24, 2.45) is 7.05 Å². The number of non-ortho nitro benzene ring substituents is 1. The lowest BCUT2D eigenvalue weighted by atomic mass is 10.1. The number of ether oxygens (including phenoxy) is 1. The van der Waals surface area contributed by atoms with Gasteiger partial charge in [-0.2, -0.15) is 0 Å². The van der Waals surface area contributed by atoms with Gasteiger partial charge in [-0.05, 0) is 18.2 Å². The summed E-state index contributed by atoms with van der Waals surface area (Å²) >= 11 is 0. The molecule has 0 unspecified atom stereocenters. The Morgan fingerprint density at radius 1 is 1.26 bits per heavy atom. The maximum atomic E-state index is 12.0. The van der Waals surface area contributed by atoms with Crippen LogP contribution in [0.25, 0.3) is 11.1 Å². The van der Waals surface area contributed by atoms with Crippen LogP contribution >= 0.6 is 0 Å². The Bertz CT molecular complexity index is 691. The van der Waals surface area contributed by atoms with E-state index in [0.29, 0.717) is 16.9 Å². The van der Waals surface area contributed by atoms with E-state index in [0.717, 1.165) is 0 Å². The van der Waals surface area contributed by atoms with Gasteiger partial charge in [-0.25, -0.2) is 0 Å². The Kier molecular flexibility index (Phi) is 3.33. The molecule has 1 heterocycles. The van der Waals surface area contributed by atoms with Gasteiger partial charge in [-0.1, -0.05) is 0 Å². The van der Waals surface area contributed by atoms with Crippen molar-refractivity contribution >= 4 is 5.69 Å². The van der Waals surface area contributed by atoms with E-state index in [1.165, 1.54) is 29.9 Å². The summed E-state index contributed by atoms with van der Waals surface area (Å²) in [6.07, 6.45) is 1.64. The lowest BCUT2D eigenvalue weighted by Gasteiger charge is -2.08. The Hall–Kier alpha value is -2.63. The van der Waals surface area contributed by atoms with Gasteiger partial charge in [0, 0.05) is 24.9 Å². The molecule has 2 aromatic rings. The van der Waals surface area contributed by atoms with Crippen LogP contribution < -0.4 is 10.3 Å². The molecule has 0 aliphatic heterocycles. The third-order valence-electron chi connectivity index (χ3n) is 2.81. The molecular weight excluding hydrogens is 248 g/mol.